The van der Waals surface area contributed by atoms with Gasteiger partial charge in [-0.2, -0.15) is 0 Å². The maximum absolute atomic E-state index is 12.3. The van der Waals surface area contributed by atoms with Gasteiger partial charge in [-0.1, -0.05) is 30.3 Å². The molecule has 0 aromatic heterocycles. The van der Waals surface area contributed by atoms with E-state index in [1.807, 2.05) is 35.2 Å². The number of morpholine rings is 1. The lowest BCUT2D eigenvalue weighted by Crippen LogP contribution is -2.54. The van der Waals surface area contributed by atoms with Gasteiger partial charge in [0.15, 0.2) is 0 Å². The van der Waals surface area contributed by atoms with Crippen LogP contribution in [0.5, 0.6) is 0 Å². The number of hydrogen-bond donors (Lipinski definition) is 1. The van der Waals surface area contributed by atoms with E-state index in [1.54, 1.807) is 4.90 Å². The molecule has 2 heterocycles. The predicted octanol–water partition coefficient (Wildman–Crippen LogP) is -0.197. The quantitative estimate of drug-likeness (QED) is 0.802. The lowest BCUT2D eigenvalue weighted by atomic mass is 10.1. The Labute approximate surface area is 146 Å². The standard InChI is InChI=1S/C18H23N3O4/c1-13(22)19-9-17(23)20-10-15-16(11-20)25-12-18(24)21(15)8-7-14-5-3-2-4-6-14/h2-6,15-16H,7-12H2,1H3,(H,19,22)/t15-,16-/m0/s1. The molecule has 2 aliphatic rings. The molecular weight excluding hydrogens is 322 g/mol. The van der Waals surface area contributed by atoms with E-state index in [9.17, 15) is 14.4 Å². The molecule has 1 N–H and O–H groups in total. The maximum atomic E-state index is 12.3. The van der Waals surface area contributed by atoms with Crippen molar-refractivity contribution in [2.24, 2.45) is 0 Å². The molecule has 2 fully saturated rings. The lowest BCUT2D eigenvalue weighted by Gasteiger charge is -2.36. The van der Waals surface area contributed by atoms with Gasteiger partial charge in [-0.25, -0.2) is 0 Å². The molecule has 2 atom stereocenters. The van der Waals surface area contributed by atoms with Crippen molar-refractivity contribution in [3.8, 4) is 0 Å². The number of carbonyl (C=O) groups excluding carboxylic acids is 3. The molecule has 3 rings (SSSR count). The van der Waals surface area contributed by atoms with Crippen LogP contribution in [-0.4, -0.2) is 72.5 Å². The number of rotatable bonds is 5. The van der Waals surface area contributed by atoms with E-state index in [0.717, 1.165) is 6.42 Å². The van der Waals surface area contributed by atoms with Crippen LogP contribution >= 0.6 is 0 Å². The maximum Gasteiger partial charge on any atom is 0.248 e. The van der Waals surface area contributed by atoms with E-state index in [0.29, 0.717) is 19.6 Å². The van der Waals surface area contributed by atoms with Crippen molar-refractivity contribution in [2.45, 2.75) is 25.5 Å². The van der Waals surface area contributed by atoms with Crippen LogP contribution in [-0.2, 0) is 25.5 Å². The van der Waals surface area contributed by atoms with Crippen LogP contribution in [0, 0.1) is 0 Å². The van der Waals surface area contributed by atoms with Crippen LogP contribution in [0.4, 0.5) is 0 Å². The molecule has 0 saturated carbocycles. The van der Waals surface area contributed by atoms with E-state index in [2.05, 4.69) is 5.32 Å². The summed E-state index contributed by atoms with van der Waals surface area (Å²) in [5.41, 5.74) is 1.18. The number of nitrogens with zero attached hydrogens (tertiary/aromatic N) is 2. The van der Waals surface area contributed by atoms with Gasteiger partial charge in [0.25, 0.3) is 0 Å². The lowest BCUT2D eigenvalue weighted by molar-refractivity contribution is -0.152. The second-order valence-electron chi connectivity index (χ2n) is 6.45. The Morgan fingerprint density at radius 2 is 2.00 bits per heavy atom. The summed E-state index contributed by atoms with van der Waals surface area (Å²) < 4.78 is 5.63. The van der Waals surface area contributed by atoms with Gasteiger partial charge in [0.1, 0.15) is 6.61 Å². The Hall–Kier alpha value is -2.41. The van der Waals surface area contributed by atoms with Crippen LogP contribution in [0.3, 0.4) is 0 Å². The minimum Gasteiger partial charge on any atom is -0.364 e. The van der Waals surface area contributed by atoms with Crippen molar-refractivity contribution in [3.05, 3.63) is 35.9 Å². The second-order valence-corrected chi connectivity index (χ2v) is 6.45. The summed E-state index contributed by atoms with van der Waals surface area (Å²) in [4.78, 5) is 39.0. The highest BCUT2D eigenvalue weighted by Crippen LogP contribution is 2.24. The largest absolute Gasteiger partial charge is 0.364 e. The summed E-state index contributed by atoms with van der Waals surface area (Å²) in [5, 5.41) is 2.52. The van der Waals surface area contributed by atoms with E-state index < -0.39 is 0 Å². The van der Waals surface area contributed by atoms with Crippen LogP contribution in [0.25, 0.3) is 0 Å². The molecule has 0 spiro atoms. The predicted molar refractivity (Wildman–Crippen MR) is 90.7 cm³/mol. The normalized spacial score (nSPS) is 22.7. The molecule has 0 bridgehead atoms. The Bertz CT molecular complexity index is 649. The molecule has 25 heavy (non-hydrogen) atoms. The molecule has 1 aromatic carbocycles. The summed E-state index contributed by atoms with van der Waals surface area (Å²) >= 11 is 0. The molecular formula is C18H23N3O4. The number of fused-ring (bicyclic) bond motifs is 1. The van der Waals surface area contributed by atoms with Crippen molar-refractivity contribution in [3.63, 3.8) is 0 Å². The topological polar surface area (TPSA) is 79.0 Å². The summed E-state index contributed by atoms with van der Waals surface area (Å²) in [5.74, 6) is -0.419. The number of carbonyl (C=O) groups is 3. The monoisotopic (exact) mass is 345 g/mol. The third kappa shape index (κ3) is 4.17. The molecule has 2 saturated heterocycles. The fourth-order valence-electron chi connectivity index (χ4n) is 3.37. The Kier molecular flexibility index (Phi) is 5.33. The molecule has 3 amide bonds. The zero-order chi connectivity index (χ0) is 17.8. The third-order valence-corrected chi connectivity index (χ3v) is 4.70. The number of ether oxygens (including phenoxy) is 1. The fraction of sp³-hybridized carbons (Fsp3) is 0.500. The van der Waals surface area contributed by atoms with Crippen molar-refractivity contribution in [2.75, 3.05) is 32.8 Å². The number of nitrogens with one attached hydrogen (secondary N) is 1. The van der Waals surface area contributed by atoms with Crippen LogP contribution < -0.4 is 5.32 Å². The first-order valence-corrected chi connectivity index (χ1v) is 8.52. The van der Waals surface area contributed by atoms with E-state index in [-0.39, 0.29) is 43.0 Å². The Balaban J connectivity index is 1.61. The molecule has 134 valence electrons. The molecule has 7 heteroatoms. The molecule has 1 aromatic rings. The third-order valence-electron chi connectivity index (χ3n) is 4.70. The van der Waals surface area contributed by atoms with Gasteiger partial charge < -0.3 is 19.9 Å². The number of likely N-dealkylation sites (tertiary alicyclic amines) is 1. The zero-order valence-corrected chi connectivity index (χ0v) is 14.3. The van der Waals surface area contributed by atoms with Crippen molar-refractivity contribution < 1.29 is 19.1 Å². The van der Waals surface area contributed by atoms with Gasteiger partial charge in [0.05, 0.1) is 18.7 Å². The van der Waals surface area contributed by atoms with Gasteiger partial charge in [0, 0.05) is 26.6 Å². The van der Waals surface area contributed by atoms with Gasteiger partial charge in [0.2, 0.25) is 17.7 Å². The minimum atomic E-state index is -0.235. The first-order chi connectivity index (χ1) is 12.0. The van der Waals surface area contributed by atoms with Gasteiger partial charge >= 0.3 is 0 Å². The number of hydrogen-bond acceptors (Lipinski definition) is 4. The van der Waals surface area contributed by atoms with E-state index in [1.165, 1.54) is 12.5 Å². The van der Waals surface area contributed by atoms with Gasteiger partial charge in [-0.15, -0.1) is 0 Å². The van der Waals surface area contributed by atoms with E-state index in [4.69, 9.17) is 4.74 Å². The highest BCUT2D eigenvalue weighted by molar-refractivity contribution is 5.84. The highest BCUT2D eigenvalue weighted by atomic mass is 16.5. The Morgan fingerprint density at radius 3 is 2.72 bits per heavy atom. The first kappa shape index (κ1) is 17.4. The zero-order valence-electron chi connectivity index (χ0n) is 14.3. The average molecular weight is 345 g/mol. The smallest absolute Gasteiger partial charge is 0.248 e. The van der Waals surface area contributed by atoms with Gasteiger partial charge in [-0.05, 0) is 12.0 Å². The Morgan fingerprint density at radius 1 is 1.24 bits per heavy atom. The van der Waals surface area contributed by atoms with Gasteiger partial charge in [-0.3, -0.25) is 14.4 Å². The molecule has 0 unspecified atom stereocenters. The fourth-order valence-corrected chi connectivity index (χ4v) is 3.37. The highest BCUT2D eigenvalue weighted by Gasteiger charge is 2.44. The summed E-state index contributed by atoms with van der Waals surface area (Å²) in [6.45, 7) is 2.93. The van der Waals surface area contributed by atoms with Crippen LogP contribution in [0.2, 0.25) is 0 Å². The molecule has 0 radical (unpaired) electrons. The van der Waals surface area contributed by atoms with Crippen molar-refractivity contribution in [1.29, 1.82) is 0 Å². The number of amides is 3. The number of benzene rings is 1. The summed E-state index contributed by atoms with van der Waals surface area (Å²) in [6.07, 6.45) is 0.616. The van der Waals surface area contributed by atoms with Crippen LogP contribution in [0.1, 0.15) is 12.5 Å². The van der Waals surface area contributed by atoms with Crippen molar-refractivity contribution in [1.82, 2.24) is 15.1 Å². The van der Waals surface area contributed by atoms with E-state index >= 15 is 0 Å². The summed E-state index contributed by atoms with van der Waals surface area (Å²) in [6, 6.07) is 9.90. The molecule has 7 nitrogen and oxygen atoms in total. The summed E-state index contributed by atoms with van der Waals surface area (Å²) in [7, 11) is 0. The van der Waals surface area contributed by atoms with Crippen molar-refractivity contribution >= 4 is 17.7 Å². The second kappa shape index (κ2) is 7.65. The molecule has 0 aliphatic carbocycles. The average Bonchev–Trinajstić information content (AvgIpc) is 3.04. The minimum absolute atomic E-state index is 0.0211. The SMILES string of the molecule is CC(=O)NCC(=O)N1C[C@@H]2OCC(=O)N(CCc3ccccc3)[C@H]2C1. The van der Waals surface area contributed by atoms with Crippen LogP contribution in [0.15, 0.2) is 30.3 Å². The molecule has 2 aliphatic heterocycles. The first-order valence-electron chi connectivity index (χ1n) is 8.52.